The van der Waals surface area contributed by atoms with Gasteiger partial charge >= 0.3 is 0 Å². The molecular weight excluding hydrogens is 312 g/mol. The number of hydrogen-bond acceptors (Lipinski definition) is 4. The Balaban J connectivity index is 1.82. The third kappa shape index (κ3) is 3.82. The van der Waals surface area contributed by atoms with Gasteiger partial charge in [-0.1, -0.05) is 12.1 Å². The molecule has 2 heterocycles. The van der Waals surface area contributed by atoms with Gasteiger partial charge in [-0.15, -0.1) is 0 Å². The zero-order valence-corrected chi connectivity index (χ0v) is 15.2. The first kappa shape index (κ1) is 17.4. The largest absolute Gasteiger partial charge is 0.384 e. The lowest BCUT2D eigenvalue weighted by molar-refractivity contribution is 0.0659. The van der Waals surface area contributed by atoms with Crippen molar-refractivity contribution in [3.05, 3.63) is 47.7 Å². The number of aryl methyl sites for hydroxylation is 1. The molecule has 0 saturated carbocycles. The first-order chi connectivity index (χ1) is 12.0. The number of nitrogens with two attached hydrogens (primary N) is 1. The second-order valence-corrected chi connectivity index (χ2v) is 6.90. The zero-order valence-electron chi connectivity index (χ0n) is 15.2. The summed E-state index contributed by atoms with van der Waals surface area (Å²) in [6.07, 6.45) is 2.05. The minimum atomic E-state index is 0.0810. The van der Waals surface area contributed by atoms with Crippen LogP contribution in [0.3, 0.4) is 0 Å². The average Bonchev–Trinajstić information content (AvgIpc) is 2.61. The minimum Gasteiger partial charge on any atom is -0.384 e. The van der Waals surface area contributed by atoms with Gasteiger partial charge in [0.05, 0.1) is 0 Å². The maximum absolute atomic E-state index is 12.9. The maximum atomic E-state index is 12.9. The minimum absolute atomic E-state index is 0.0810. The molecule has 132 valence electrons. The van der Waals surface area contributed by atoms with Crippen LogP contribution in [0.1, 0.15) is 28.9 Å². The number of carbonyl (C=O) groups is 1. The molecule has 0 radical (unpaired) electrons. The number of nitrogen functional groups attached to an aromatic ring is 1. The van der Waals surface area contributed by atoms with Crippen LogP contribution in [0.4, 0.5) is 5.82 Å². The van der Waals surface area contributed by atoms with Crippen LogP contribution in [0.15, 0.2) is 36.4 Å². The number of hydrogen-bond donors (Lipinski definition) is 1. The highest BCUT2D eigenvalue weighted by molar-refractivity contribution is 5.95. The van der Waals surface area contributed by atoms with E-state index in [1.807, 2.05) is 49.2 Å². The van der Waals surface area contributed by atoms with Crippen LogP contribution in [0.2, 0.25) is 0 Å². The Morgan fingerprint density at radius 1 is 1.24 bits per heavy atom. The molecule has 1 amide bonds. The normalized spacial score (nSPS) is 16.0. The van der Waals surface area contributed by atoms with Gasteiger partial charge in [0.1, 0.15) is 5.82 Å². The van der Waals surface area contributed by atoms with Gasteiger partial charge < -0.3 is 15.5 Å². The summed E-state index contributed by atoms with van der Waals surface area (Å²) in [5, 5.41) is 0. The number of benzene rings is 1. The summed E-state index contributed by atoms with van der Waals surface area (Å²) in [4.78, 5) is 21.5. The molecule has 1 aromatic heterocycles. The van der Waals surface area contributed by atoms with E-state index < -0.39 is 0 Å². The molecule has 0 spiro atoms. The second kappa shape index (κ2) is 7.23. The average molecular weight is 338 g/mol. The van der Waals surface area contributed by atoms with Gasteiger partial charge in [-0.3, -0.25) is 4.79 Å². The van der Waals surface area contributed by atoms with Crippen LogP contribution in [0, 0.1) is 6.92 Å². The van der Waals surface area contributed by atoms with Crippen LogP contribution in [0.25, 0.3) is 11.1 Å². The fraction of sp³-hybridized carbons (Fsp3) is 0.400. The molecule has 0 bridgehead atoms. The summed E-state index contributed by atoms with van der Waals surface area (Å²) in [6.45, 7) is 4.02. The van der Waals surface area contributed by atoms with Crippen LogP contribution < -0.4 is 5.73 Å². The van der Waals surface area contributed by atoms with Crippen molar-refractivity contribution < 1.29 is 4.79 Å². The van der Waals surface area contributed by atoms with E-state index in [4.69, 9.17) is 5.73 Å². The Hall–Kier alpha value is -2.40. The molecule has 1 aliphatic heterocycles. The fourth-order valence-corrected chi connectivity index (χ4v) is 3.46. The Morgan fingerprint density at radius 3 is 2.64 bits per heavy atom. The summed E-state index contributed by atoms with van der Waals surface area (Å²) >= 11 is 0. The molecule has 1 saturated heterocycles. The summed E-state index contributed by atoms with van der Waals surface area (Å²) in [6, 6.07) is 11.8. The van der Waals surface area contributed by atoms with E-state index in [1.54, 1.807) is 6.07 Å². The number of carbonyl (C=O) groups excluding carboxylic acids is 1. The van der Waals surface area contributed by atoms with Crippen molar-refractivity contribution in [2.45, 2.75) is 25.8 Å². The molecule has 2 N–H and O–H groups in total. The predicted molar refractivity (Wildman–Crippen MR) is 101 cm³/mol. The number of nitrogens with zero attached hydrogens (tertiary/aromatic N) is 3. The molecule has 2 aromatic rings. The summed E-state index contributed by atoms with van der Waals surface area (Å²) in [5.41, 5.74) is 9.33. The lowest BCUT2D eigenvalue weighted by Gasteiger charge is -2.35. The number of piperidine rings is 1. The van der Waals surface area contributed by atoms with Gasteiger partial charge in [0.2, 0.25) is 0 Å². The lowest BCUT2D eigenvalue weighted by atomic mass is 10.00. The van der Waals surface area contributed by atoms with E-state index in [0.29, 0.717) is 11.9 Å². The third-order valence-corrected chi connectivity index (χ3v) is 5.08. The van der Waals surface area contributed by atoms with Gasteiger partial charge in [0.25, 0.3) is 5.91 Å². The van der Waals surface area contributed by atoms with E-state index in [0.717, 1.165) is 48.3 Å². The lowest BCUT2D eigenvalue weighted by Crippen LogP contribution is -2.44. The van der Waals surface area contributed by atoms with Gasteiger partial charge in [-0.05, 0) is 69.7 Å². The summed E-state index contributed by atoms with van der Waals surface area (Å²) < 4.78 is 0. The first-order valence-electron chi connectivity index (χ1n) is 8.75. The van der Waals surface area contributed by atoms with Crippen LogP contribution in [-0.2, 0) is 0 Å². The van der Waals surface area contributed by atoms with Gasteiger partial charge in [0.15, 0.2) is 0 Å². The summed E-state index contributed by atoms with van der Waals surface area (Å²) in [5.74, 6) is 0.591. The van der Waals surface area contributed by atoms with Crippen molar-refractivity contribution >= 4 is 11.7 Å². The van der Waals surface area contributed by atoms with Crippen molar-refractivity contribution in [2.75, 3.05) is 32.9 Å². The molecule has 1 aliphatic rings. The molecule has 0 unspecified atom stereocenters. The smallest absolute Gasteiger partial charge is 0.253 e. The van der Waals surface area contributed by atoms with Gasteiger partial charge in [0, 0.05) is 29.9 Å². The molecule has 25 heavy (non-hydrogen) atoms. The van der Waals surface area contributed by atoms with Crippen LogP contribution >= 0.6 is 0 Å². The van der Waals surface area contributed by atoms with E-state index >= 15 is 0 Å². The van der Waals surface area contributed by atoms with Gasteiger partial charge in [-0.25, -0.2) is 4.98 Å². The predicted octanol–water partition coefficient (Wildman–Crippen LogP) is 2.81. The highest BCUT2D eigenvalue weighted by Crippen LogP contribution is 2.25. The number of pyridine rings is 1. The van der Waals surface area contributed by atoms with Crippen molar-refractivity contribution in [3.8, 4) is 11.1 Å². The topological polar surface area (TPSA) is 62.5 Å². The summed E-state index contributed by atoms with van der Waals surface area (Å²) in [7, 11) is 4.05. The molecule has 1 fully saturated rings. The fourth-order valence-electron chi connectivity index (χ4n) is 3.46. The molecule has 5 heteroatoms. The Morgan fingerprint density at radius 2 is 1.96 bits per heavy atom. The van der Waals surface area contributed by atoms with E-state index in [2.05, 4.69) is 16.9 Å². The van der Waals surface area contributed by atoms with Crippen LogP contribution in [-0.4, -0.2) is 53.9 Å². The number of anilines is 1. The zero-order chi connectivity index (χ0) is 18.0. The van der Waals surface area contributed by atoms with Crippen molar-refractivity contribution in [2.24, 2.45) is 0 Å². The first-order valence-corrected chi connectivity index (χ1v) is 8.75. The molecule has 1 aromatic carbocycles. The monoisotopic (exact) mass is 338 g/mol. The van der Waals surface area contributed by atoms with Crippen molar-refractivity contribution in [1.29, 1.82) is 0 Å². The third-order valence-electron chi connectivity index (χ3n) is 5.08. The Kier molecular flexibility index (Phi) is 5.04. The Labute approximate surface area is 149 Å². The molecule has 0 atom stereocenters. The Bertz CT molecular complexity index is 766. The molecule has 5 nitrogen and oxygen atoms in total. The second-order valence-electron chi connectivity index (χ2n) is 6.90. The van der Waals surface area contributed by atoms with E-state index in [9.17, 15) is 4.79 Å². The van der Waals surface area contributed by atoms with E-state index in [1.165, 1.54) is 0 Å². The molecule has 3 rings (SSSR count). The quantitative estimate of drug-likeness (QED) is 0.935. The van der Waals surface area contributed by atoms with Crippen LogP contribution in [0.5, 0.6) is 0 Å². The SMILES string of the molecule is Cc1nc(N)ccc1-c1cccc(C(=O)N(C)C2CCN(C)CC2)c1. The number of aromatic nitrogens is 1. The highest BCUT2D eigenvalue weighted by atomic mass is 16.2. The number of rotatable bonds is 3. The molecule has 0 aliphatic carbocycles. The van der Waals surface area contributed by atoms with Crippen molar-refractivity contribution in [3.63, 3.8) is 0 Å². The number of amides is 1. The standard InChI is InChI=1S/C20H26N4O/c1-14-18(7-8-19(21)22-14)15-5-4-6-16(13-15)20(25)24(3)17-9-11-23(2)12-10-17/h4-8,13,17H,9-12H2,1-3H3,(H2,21,22). The highest BCUT2D eigenvalue weighted by Gasteiger charge is 2.24. The number of likely N-dealkylation sites (tertiary alicyclic amines) is 1. The van der Waals surface area contributed by atoms with Gasteiger partial charge in [-0.2, -0.15) is 0 Å². The molecular formula is C20H26N4O. The van der Waals surface area contributed by atoms with Crippen molar-refractivity contribution in [1.82, 2.24) is 14.8 Å². The van der Waals surface area contributed by atoms with E-state index in [-0.39, 0.29) is 5.91 Å². The maximum Gasteiger partial charge on any atom is 0.253 e.